The third-order valence-electron chi connectivity index (χ3n) is 3.35. The van der Waals surface area contributed by atoms with E-state index in [2.05, 4.69) is 17.5 Å². The molecule has 1 aromatic heterocycles. The number of nitrogens with one attached hydrogen (secondary N) is 1. The molecule has 0 radical (unpaired) electrons. The smallest absolute Gasteiger partial charge is 0.147 e. The molecule has 0 unspecified atom stereocenters. The minimum atomic E-state index is -0.260. The molecule has 4 heteroatoms. The number of furan rings is 1. The van der Waals surface area contributed by atoms with Gasteiger partial charge in [-0.1, -0.05) is 6.92 Å². The van der Waals surface area contributed by atoms with Crippen LogP contribution in [0.2, 0.25) is 0 Å². The van der Waals surface area contributed by atoms with Crippen molar-refractivity contribution in [3.8, 4) is 0 Å². The van der Waals surface area contributed by atoms with E-state index in [0.29, 0.717) is 5.92 Å². The lowest BCUT2D eigenvalue weighted by molar-refractivity contribution is 0.500. The van der Waals surface area contributed by atoms with Crippen LogP contribution in [0, 0.1) is 11.7 Å². The molecule has 3 nitrogen and oxygen atoms in total. The van der Waals surface area contributed by atoms with Crippen LogP contribution in [0.5, 0.6) is 0 Å². The molecule has 0 amide bonds. The summed E-state index contributed by atoms with van der Waals surface area (Å²) in [6.45, 7) is 2.22. The van der Waals surface area contributed by atoms with Gasteiger partial charge >= 0.3 is 0 Å². The summed E-state index contributed by atoms with van der Waals surface area (Å²) in [6, 6.07) is 9.95. The lowest BCUT2D eigenvalue weighted by Crippen LogP contribution is -1.89. The second-order valence-electron chi connectivity index (χ2n) is 4.94. The standard InChI is InChI=1S/C15H15FN2O/c1-10-8-14(10)15-7-6-13(19-15)9-17-18-12-4-2-11(16)3-5-12/h2-7,9-10,14,18H,8H2,1H3/b17-9-/t10-,14+/m1/s1. The van der Waals surface area contributed by atoms with Gasteiger partial charge in [-0.05, 0) is 48.7 Å². The van der Waals surface area contributed by atoms with E-state index in [-0.39, 0.29) is 5.82 Å². The highest BCUT2D eigenvalue weighted by atomic mass is 19.1. The first-order chi connectivity index (χ1) is 9.22. The number of hydrogen-bond donors (Lipinski definition) is 1. The van der Waals surface area contributed by atoms with Gasteiger partial charge in [-0.3, -0.25) is 5.43 Å². The molecule has 1 heterocycles. The van der Waals surface area contributed by atoms with Crippen LogP contribution < -0.4 is 5.43 Å². The third kappa shape index (κ3) is 2.84. The monoisotopic (exact) mass is 258 g/mol. The highest BCUT2D eigenvalue weighted by Gasteiger charge is 2.36. The molecule has 0 spiro atoms. The van der Waals surface area contributed by atoms with E-state index < -0.39 is 0 Å². The molecule has 1 fully saturated rings. The summed E-state index contributed by atoms with van der Waals surface area (Å²) in [7, 11) is 0. The van der Waals surface area contributed by atoms with E-state index in [0.717, 1.165) is 23.1 Å². The molecule has 2 aromatic rings. The Morgan fingerprint density at radius 3 is 2.68 bits per heavy atom. The minimum absolute atomic E-state index is 0.260. The first kappa shape index (κ1) is 12.0. The molecular weight excluding hydrogens is 243 g/mol. The first-order valence-corrected chi connectivity index (χ1v) is 6.37. The summed E-state index contributed by atoms with van der Waals surface area (Å²) >= 11 is 0. The molecule has 0 aliphatic heterocycles. The van der Waals surface area contributed by atoms with Crippen molar-refractivity contribution in [2.45, 2.75) is 19.3 Å². The van der Waals surface area contributed by atoms with Crippen molar-refractivity contribution in [1.29, 1.82) is 0 Å². The van der Waals surface area contributed by atoms with Gasteiger partial charge in [0.05, 0.1) is 11.9 Å². The summed E-state index contributed by atoms with van der Waals surface area (Å²) in [4.78, 5) is 0. The summed E-state index contributed by atoms with van der Waals surface area (Å²) in [5, 5.41) is 4.06. The minimum Gasteiger partial charge on any atom is -0.460 e. The van der Waals surface area contributed by atoms with Gasteiger partial charge in [0, 0.05) is 5.92 Å². The molecular formula is C15H15FN2O. The van der Waals surface area contributed by atoms with E-state index >= 15 is 0 Å². The molecule has 98 valence electrons. The number of hydrazone groups is 1. The molecule has 2 atom stereocenters. The number of rotatable bonds is 4. The number of nitrogens with zero attached hydrogens (tertiary/aromatic N) is 1. The van der Waals surface area contributed by atoms with E-state index in [1.165, 1.54) is 18.6 Å². The SMILES string of the molecule is C[C@@H]1C[C@@H]1c1ccc(/C=N\Nc2ccc(F)cc2)o1. The molecule has 1 saturated carbocycles. The number of halogens is 1. The highest BCUT2D eigenvalue weighted by molar-refractivity contribution is 5.76. The molecule has 1 aromatic carbocycles. The van der Waals surface area contributed by atoms with Crippen LogP contribution >= 0.6 is 0 Å². The van der Waals surface area contributed by atoms with Crippen LogP contribution in [0.4, 0.5) is 10.1 Å². The molecule has 0 saturated heterocycles. The van der Waals surface area contributed by atoms with Crippen molar-refractivity contribution >= 4 is 11.9 Å². The molecule has 1 N–H and O–H groups in total. The predicted molar refractivity (Wildman–Crippen MR) is 72.8 cm³/mol. The molecule has 1 aliphatic rings. The quantitative estimate of drug-likeness (QED) is 0.665. The van der Waals surface area contributed by atoms with E-state index in [1.54, 1.807) is 18.3 Å². The predicted octanol–water partition coefficient (Wildman–Crippen LogP) is 3.99. The zero-order chi connectivity index (χ0) is 13.2. The van der Waals surface area contributed by atoms with Crippen LogP contribution in [0.1, 0.15) is 30.8 Å². The first-order valence-electron chi connectivity index (χ1n) is 6.37. The van der Waals surface area contributed by atoms with Crippen LogP contribution in [0.3, 0.4) is 0 Å². The van der Waals surface area contributed by atoms with Crippen molar-refractivity contribution in [3.05, 3.63) is 53.7 Å². The fourth-order valence-corrected chi connectivity index (χ4v) is 2.05. The fourth-order valence-electron chi connectivity index (χ4n) is 2.05. The largest absolute Gasteiger partial charge is 0.460 e. The van der Waals surface area contributed by atoms with Crippen molar-refractivity contribution in [1.82, 2.24) is 0 Å². The van der Waals surface area contributed by atoms with E-state index in [1.807, 2.05) is 12.1 Å². The maximum Gasteiger partial charge on any atom is 0.147 e. The van der Waals surface area contributed by atoms with Gasteiger partial charge in [-0.2, -0.15) is 5.10 Å². The summed E-state index contributed by atoms with van der Waals surface area (Å²) < 4.78 is 18.4. The Bertz CT molecular complexity index is 588. The topological polar surface area (TPSA) is 37.5 Å². The maximum atomic E-state index is 12.7. The van der Waals surface area contributed by atoms with E-state index in [9.17, 15) is 4.39 Å². The average Bonchev–Trinajstić information content (AvgIpc) is 2.96. The highest BCUT2D eigenvalue weighted by Crippen LogP contribution is 2.47. The van der Waals surface area contributed by atoms with Gasteiger partial charge in [0.15, 0.2) is 0 Å². The van der Waals surface area contributed by atoms with Gasteiger partial charge in [-0.15, -0.1) is 0 Å². The summed E-state index contributed by atoms with van der Waals surface area (Å²) in [5.74, 6) is 2.81. The zero-order valence-electron chi connectivity index (χ0n) is 10.6. The van der Waals surface area contributed by atoms with Gasteiger partial charge in [0.1, 0.15) is 17.3 Å². The van der Waals surface area contributed by atoms with Gasteiger partial charge in [-0.25, -0.2) is 4.39 Å². The van der Waals surface area contributed by atoms with Gasteiger partial charge < -0.3 is 4.42 Å². The second-order valence-corrected chi connectivity index (χ2v) is 4.94. The Labute approximate surface area is 111 Å². The average molecular weight is 258 g/mol. The fraction of sp³-hybridized carbons (Fsp3) is 0.267. The second kappa shape index (κ2) is 4.88. The van der Waals surface area contributed by atoms with Crippen LogP contribution in [0.25, 0.3) is 0 Å². The Morgan fingerprint density at radius 1 is 1.26 bits per heavy atom. The number of anilines is 1. The van der Waals surface area contributed by atoms with Crippen molar-refractivity contribution in [3.63, 3.8) is 0 Å². The number of benzene rings is 1. The number of hydrogen-bond acceptors (Lipinski definition) is 3. The van der Waals surface area contributed by atoms with Crippen LogP contribution in [-0.4, -0.2) is 6.21 Å². The normalized spacial score (nSPS) is 21.8. The van der Waals surface area contributed by atoms with Crippen LogP contribution in [-0.2, 0) is 0 Å². The lowest BCUT2D eigenvalue weighted by atomic mass is 10.3. The molecule has 1 aliphatic carbocycles. The Kier molecular flexibility index (Phi) is 3.07. The zero-order valence-corrected chi connectivity index (χ0v) is 10.6. The summed E-state index contributed by atoms with van der Waals surface area (Å²) in [5.41, 5.74) is 3.56. The third-order valence-corrected chi connectivity index (χ3v) is 3.35. The Balaban J connectivity index is 1.60. The van der Waals surface area contributed by atoms with Gasteiger partial charge in [0.2, 0.25) is 0 Å². The lowest BCUT2D eigenvalue weighted by Gasteiger charge is -1.98. The molecule has 0 bridgehead atoms. The molecule has 19 heavy (non-hydrogen) atoms. The van der Waals surface area contributed by atoms with Crippen molar-refractivity contribution in [2.75, 3.05) is 5.43 Å². The molecule has 3 rings (SSSR count). The van der Waals surface area contributed by atoms with Gasteiger partial charge in [0.25, 0.3) is 0 Å². The van der Waals surface area contributed by atoms with Crippen molar-refractivity contribution < 1.29 is 8.81 Å². The van der Waals surface area contributed by atoms with E-state index in [4.69, 9.17) is 4.42 Å². The van der Waals surface area contributed by atoms with Crippen LogP contribution in [0.15, 0.2) is 45.9 Å². The summed E-state index contributed by atoms with van der Waals surface area (Å²) in [6.07, 6.45) is 2.83. The maximum absolute atomic E-state index is 12.7. The van der Waals surface area contributed by atoms with Crippen molar-refractivity contribution in [2.24, 2.45) is 11.0 Å². The Hall–Kier alpha value is -2.10. The Morgan fingerprint density at radius 2 is 2.00 bits per heavy atom.